The van der Waals surface area contributed by atoms with Crippen molar-refractivity contribution in [2.24, 2.45) is 0 Å². The third kappa shape index (κ3) is 2.62. The normalized spacial score (nSPS) is 22.7. The van der Waals surface area contributed by atoms with E-state index in [4.69, 9.17) is 9.15 Å². The first-order valence-corrected chi connectivity index (χ1v) is 5.42. The van der Waals surface area contributed by atoms with Crippen molar-refractivity contribution in [3.8, 4) is 0 Å². The van der Waals surface area contributed by atoms with Crippen molar-refractivity contribution in [3.63, 3.8) is 0 Å². The number of carbonyl (C=O) groups is 1. The second-order valence-electron chi connectivity index (χ2n) is 3.83. The van der Waals surface area contributed by atoms with Gasteiger partial charge in [0.25, 0.3) is 0 Å². The van der Waals surface area contributed by atoms with E-state index in [1.807, 2.05) is 13.0 Å². The highest BCUT2D eigenvalue weighted by Gasteiger charge is 2.23. The van der Waals surface area contributed by atoms with E-state index < -0.39 is 0 Å². The Labute approximate surface area is 94.1 Å². The van der Waals surface area contributed by atoms with Gasteiger partial charge in [-0.1, -0.05) is 0 Å². The Bertz CT molecular complexity index is 331. The fraction of sp³-hybridized carbons (Fsp3) is 0.545. The summed E-state index contributed by atoms with van der Waals surface area (Å²) in [6, 6.07) is 3.27. The van der Waals surface area contributed by atoms with Crippen molar-refractivity contribution in [3.05, 3.63) is 24.2 Å². The van der Waals surface area contributed by atoms with Crippen LogP contribution >= 0.6 is 0 Å². The van der Waals surface area contributed by atoms with Gasteiger partial charge in [-0.15, -0.1) is 0 Å². The van der Waals surface area contributed by atoms with E-state index in [1.165, 1.54) is 0 Å². The predicted molar refractivity (Wildman–Crippen MR) is 57.9 cm³/mol. The van der Waals surface area contributed by atoms with Gasteiger partial charge in [-0.3, -0.25) is 4.79 Å². The topological polar surface area (TPSA) is 63.5 Å². The number of rotatable bonds is 3. The van der Waals surface area contributed by atoms with Gasteiger partial charge in [0.05, 0.1) is 25.5 Å². The lowest BCUT2D eigenvalue weighted by atomic mass is 10.2. The van der Waals surface area contributed by atoms with E-state index >= 15 is 0 Å². The van der Waals surface area contributed by atoms with Gasteiger partial charge in [0.2, 0.25) is 5.91 Å². The van der Waals surface area contributed by atoms with Crippen LogP contribution in [-0.2, 0) is 9.53 Å². The van der Waals surface area contributed by atoms with Crippen molar-refractivity contribution in [1.29, 1.82) is 0 Å². The van der Waals surface area contributed by atoms with Crippen LogP contribution in [0.25, 0.3) is 0 Å². The number of morpholine rings is 1. The summed E-state index contributed by atoms with van der Waals surface area (Å²) < 4.78 is 10.4. The highest BCUT2D eigenvalue weighted by molar-refractivity contribution is 5.82. The fourth-order valence-electron chi connectivity index (χ4n) is 1.66. The third-order valence-corrected chi connectivity index (χ3v) is 2.57. The monoisotopic (exact) mass is 224 g/mol. The summed E-state index contributed by atoms with van der Waals surface area (Å²) in [7, 11) is 0. The van der Waals surface area contributed by atoms with E-state index in [1.54, 1.807) is 12.3 Å². The zero-order valence-electron chi connectivity index (χ0n) is 9.23. The highest BCUT2D eigenvalue weighted by Crippen LogP contribution is 2.12. The van der Waals surface area contributed by atoms with Gasteiger partial charge in [-0.2, -0.15) is 0 Å². The van der Waals surface area contributed by atoms with E-state index in [-0.39, 0.29) is 18.0 Å². The third-order valence-electron chi connectivity index (χ3n) is 2.57. The zero-order chi connectivity index (χ0) is 11.4. The molecule has 0 saturated carbocycles. The molecule has 88 valence electrons. The van der Waals surface area contributed by atoms with Gasteiger partial charge in [0.1, 0.15) is 11.8 Å². The molecule has 1 aliphatic heterocycles. The summed E-state index contributed by atoms with van der Waals surface area (Å²) in [5, 5.41) is 5.98. The SMILES string of the molecule is C[C@@H](NC(=O)C1COCCN1)c1ccco1. The van der Waals surface area contributed by atoms with Crippen LogP contribution in [0.3, 0.4) is 0 Å². The van der Waals surface area contributed by atoms with Crippen molar-refractivity contribution in [1.82, 2.24) is 10.6 Å². The largest absolute Gasteiger partial charge is 0.467 e. The lowest BCUT2D eigenvalue weighted by Gasteiger charge is -2.24. The number of amides is 1. The minimum Gasteiger partial charge on any atom is -0.467 e. The van der Waals surface area contributed by atoms with Crippen LogP contribution in [0.5, 0.6) is 0 Å². The molecule has 2 rings (SSSR count). The molecule has 1 fully saturated rings. The maximum atomic E-state index is 11.8. The van der Waals surface area contributed by atoms with Gasteiger partial charge in [-0.25, -0.2) is 0 Å². The van der Waals surface area contributed by atoms with Crippen molar-refractivity contribution >= 4 is 5.91 Å². The smallest absolute Gasteiger partial charge is 0.240 e. The summed E-state index contributed by atoms with van der Waals surface area (Å²) in [5.41, 5.74) is 0. The molecule has 2 atom stereocenters. The Kier molecular flexibility index (Phi) is 3.58. The van der Waals surface area contributed by atoms with Crippen molar-refractivity contribution < 1.29 is 13.9 Å². The number of furan rings is 1. The molecule has 1 aromatic rings. The molecule has 2 N–H and O–H groups in total. The summed E-state index contributed by atoms with van der Waals surface area (Å²) in [5.74, 6) is 0.702. The van der Waals surface area contributed by atoms with E-state index in [2.05, 4.69) is 10.6 Å². The molecule has 1 unspecified atom stereocenters. The Balaban J connectivity index is 1.86. The first kappa shape index (κ1) is 11.2. The molecule has 16 heavy (non-hydrogen) atoms. The molecule has 1 amide bonds. The first-order chi connectivity index (χ1) is 7.77. The molecular weight excluding hydrogens is 208 g/mol. The molecule has 2 heterocycles. The first-order valence-electron chi connectivity index (χ1n) is 5.42. The molecule has 1 aromatic heterocycles. The molecule has 0 bridgehead atoms. The van der Waals surface area contributed by atoms with Crippen LogP contribution in [0.1, 0.15) is 18.7 Å². The summed E-state index contributed by atoms with van der Waals surface area (Å²) in [4.78, 5) is 11.8. The Morgan fingerprint density at radius 1 is 1.69 bits per heavy atom. The number of nitrogens with one attached hydrogen (secondary N) is 2. The second-order valence-corrected chi connectivity index (χ2v) is 3.83. The molecule has 0 aromatic carbocycles. The number of hydrogen-bond acceptors (Lipinski definition) is 4. The van der Waals surface area contributed by atoms with Gasteiger partial charge in [0, 0.05) is 6.54 Å². The maximum Gasteiger partial charge on any atom is 0.240 e. The molecule has 0 spiro atoms. The molecule has 0 radical (unpaired) electrons. The van der Waals surface area contributed by atoms with Gasteiger partial charge in [0.15, 0.2) is 0 Å². The number of carbonyl (C=O) groups excluding carboxylic acids is 1. The van der Waals surface area contributed by atoms with Crippen molar-refractivity contribution in [2.45, 2.75) is 19.0 Å². The summed E-state index contributed by atoms with van der Waals surface area (Å²) >= 11 is 0. The molecule has 0 aliphatic carbocycles. The summed E-state index contributed by atoms with van der Waals surface area (Å²) in [6.45, 7) is 3.70. The Morgan fingerprint density at radius 3 is 3.19 bits per heavy atom. The van der Waals surface area contributed by atoms with Gasteiger partial charge < -0.3 is 19.8 Å². The van der Waals surface area contributed by atoms with Crippen LogP contribution in [0, 0.1) is 0 Å². The maximum absolute atomic E-state index is 11.8. The average molecular weight is 224 g/mol. The van der Waals surface area contributed by atoms with E-state index in [0.29, 0.717) is 19.8 Å². The highest BCUT2D eigenvalue weighted by atomic mass is 16.5. The Morgan fingerprint density at radius 2 is 2.56 bits per heavy atom. The predicted octanol–water partition coefficient (Wildman–Crippen LogP) is 0.445. The second kappa shape index (κ2) is 5.14. The molecule has 1 saturated heterocycles. The fourth-order valence-corrected chi connectivity index (χ4v) is 1.66. The van der Waals surface area contributed by atoms with E-state index in [9.17, 15) is 4.79 Å². The number of hydrogen-bond donors (Lipinski definition) is 2. The minimum absolute atomic E-state index is 0.0522. The lowest BCUT2D eigenvalue weighted by molar-refractivity contribution is -0.126. The van der Waals surface area contributed by atoms with Gasteiger partial charge >= 0.3 is 0 Å². The standard InChI is InChI=1S/C11H16N2O3/c1-8(10-3-2-5-16-10)13-11(14)9-7-15-6-4-12-9/h2-3,5,8-9,12H,4,6-7H2,1H3,(H,13,14)/t8-,9?/m1/s1. The molecule has 1 aliphatic rings. The van der Waals surface area contributed by atoms with Gasteiger partial charge in [-0.05, 0) is 19.1 Å². The van der Waals surface area contributed by atoms with Crippen LogP contribution in [0.4, 0.5) is 0 Å². The minimum atomic E-state index is -0.258. The van der Waals surface area contributed by atoms with Crippen LogP contribution in [-0.4, -0.2) is 31.7 Å². The van der Waals surface area contributed by atoms with Crippen LogP contribution in [0.15, 0.2) is 22.8 Å². The molecule has 5 heteroatoms. The van der Waals surface area contributed by atoms with E-state index in [0.717, 1.165) is 5.76 Å². The Hall–Kier alpha value is -1.33. The zero-order valence-corrected chi connectivity index (χ0v) is 9.23. The van der Waals surface area contributed by atoms with Crippen LogP contribution < -0.4 is 10.6 Å². The molecule has 5 nitrogen and oxygen atoms in total. The quantitative estimate of drug-likeness (QED) is 0.782. The lowest BCUT2D eigenvalue weighted by Crippen LogP contribution is -2.51. The van der Waals surface area contributed by atoms with Crippen molar-refractivity contribution in [2.75, 3.05) is 19.8 Å². The molecular formula is C11H16N2O3. The average Bonchev–Trinajstić information content (AvgIpc) is 2.83. The van der Waals surface area contributed by atoms with Crippen LogP contribution in [0.2, 0.25) is 0 Å². The summed E-state index contributed by atoms with van der Waals surface area (Å²) in [6.07, 6.45) is 1.60. The number of ether oxygens (including phenoxy) is 1.